The number of nitrogens with zero attached hydrogens (tertiary/aromatic N) is 3. The minimum Gasteiger partial charge on any atom is -0.437 e. The summed E-state index contributed by atoms with van der Waals surface area (Å²) < 4.78 is 62.3. The van der Waals surface area contributed by atoms with Gasteiger partial charge in [-0.15, -0.1) is 0 Å². The van der Waals surface area contributed by atoms with E-state index in [9.17, 15) is 13.2 Å². The number of benzene rings is 2. The van der Waals surface area contributed by atoms with Gasteiger partial charge >= 0.3 is 6.18 Å². The lowest BCUT2D eigenvalue weighted by atomic mass is 10.0. The van der Waals surface area contributed by atoms with Gasteiger partial charge in [0.1, 0.15) is 11.5 Å². The van der Waals surface area contributed by atoms with E-state index in [-0.39, 0.29) is 28.9 Å². The van der Waals surface area contributed by atoms with Crippen LogP contribution in [0.3, 0.4) is 0 Å². The fourth-order valence-electron chi connectivity index (χ4n) is 4.43. The molecule has 204 valence electrons. The van der Waals surface area contributed by atoms with E-state index in [1.165, 1.54) is 6.92 Å². The first-order valence-electron chi connectivity index (χ1n) is 12.4. The van der Waals surface area contributed by atoms with Gasteiger partial charge in [-0.05, 0) is 56.5 Å². The van der Waals surface area contributed by atoms with Gasteiger partial charge in [-0.2, -0.15) is 13.2 Å². The van der Waals surface area contributed by atoms with Crippen LogP contribution in [-0.4, -0.2) is 46.0 Å². The molecule has 1 aliphatic heterocycles. The van der Waals surface area contributed by atoms with Crippen molar-refractivity contribution in [3.05, 3.63) is 66.2 Å². The molecule has 4 aromatic rings. The number of hydrogen-bond acceptors (Lipinski definition) is 8. The van der Waals surface area contributed by atoms with Gasteiger partial charge in [0.05, 0.1) is 16.9 Å². The van der Waals surface area contributed by atoms with Crippen molar-refractivity contribution >= 4 is 34.4 Å². The maximum Gasteiger partial charge on any atom is 0.399 e. The molecule has 12 heteroatoms. The van der Waals surface area contributed by atoms with Gasteiger partial charge in [0, 0.05) is 41.3 Å². The first kappa shape index (κ1) is 26.9. The quantitative estimate of drug-likeness (QED) is 0.162. The van der Waals surface area contributed by atoms with Crippen molar-refractivity contribution in [2.75, 3.05) is 28.9 Å². The van der Waals surface area contributed by atoms with Gasteiger partial charge in [0.2, 0.25) is 11.8 Å². The molecule has 0 saturated carbocycles. The van der Waals surface area contributed by atoms with Crippen LogP contribution in [0.2, 0.25) is 0 Å². The Morgan fingerprint density at radius 3 is 2.67 bits per heavy atom. The third-order valence-corrected chi connectivity index (χ3v) is 7.09. The zero-order valence-corrected chi connectivity index (χ0v) is 21.8. The molecule has 7 nitrogen and oxygen atoms in total. The standard InChI is InChI=1S/C27H26F4N6OS/c1-16-22(28)23(37-39-15-27(29,30)31)18-7-2-3-8-19(18)24(16)38-25-20(9-5-12-33-25)21-10-13-34-26(36-21)35-17-6-4-11-32-14-17/h2-3,5,7-10,12-13,17,32,37H,4,6,11,14-15H2,1H3,(H,34,35,36). The maximum atomic E-state index is 15.5. The Labute approximate surface area is 226 Å². The predicted molar refractivity (Wildman–Crippen MR) is 146 cm³/mol. The smallest absolute Gasteiger partial charge is 0.399 e. The zero-order valence-electron chi connectivity index (χ0n) is 21.0. The highest BCUT2D eigenvalue weighted by molar-refractivity contribution is 8.00. The van der Waals surface area contributed by atoms with E-state index in [4.69, 9.17) is 4.74 Å². The fourth-order valence-corrected chi connectivity index (χ4v) is 5.01. The molecule has 1 fully saturated rings. The van der Waals surface area contributed by atoms with Gasteiger partial charge in [-0.3, -0.25) is 0 Å². The van der Waals surface area contributed by atoms with Crippen molar-refractivity contribution < 1.29 is 22.3 Å². The van der Waals surface area contributed by atoms with Gasteiger partial charge < -0.3 is 20.1 Å². The van der Waals surface area contributed by atoms with Crippen molar-refractivity contribution in [1.29, 1.82) is 0 Å². The molecule has 3 N–H and O–H groups in total. The lowest BCUT2D eigenvalue weighted by Gasteiger charge is -2.23. The molecule has 1 aliphatic rings. The molecule has 1 atom stereocenters. The van der Waals surface area contributed by atoms with Crippen LogP contribution >= 0.6 is 11.9 Å². The van der Waals surface area contributed by atoms with Crippen LogP contribution in [0.1, 0.15) is 18.4 Å². The van der Waals surface area contributed by atoms with E-state index in [1.54, 1.807) is 54.9 Å². The second-order valence-corrected chi connectivity index (χ2v) is 9.89. The van der Waals surface area contributed by atoms with E-state index in [0.717, 1.165) is 25.9 Å². The number of aromatic nitrogens is 3. The number of alkyl halides is 3. The van der Waals surface area contributed by atoms with Crippen LogP contribution in [0.4, 0.5) is 29.2 Å². The van der Waals surface area contributed by atoms with Crippen molar-refractivity contribution in [3.8, 4) is 22.9 Å². The lowest BCUT2D eigenvalue weighted by Crippen LogP contribution is -2.38. The molecule has 3 heterocycles. The van der Waals surface area contributed by atoms with Crippen LogP contribution in [0, 0.1) is 12.7 Å². The second-order valence-electron chi connectivity index (χ2n) is 9.11. The SMILES string of the molecule is Cc1c(F)c(NSCC(F)(F)F)c2ccccc2c1Oc1ncccc1-c1ccnc(NC2CCCNC2)n1. The predicted octanol–water partition coefficient (Wildman–Crippen LogP) is 6.72. The van der Waals surface area contributed by atoms with Crippen molar-refractivity contribution in [3.63, 3.8) is 0 Å². The molecule has 2 aromatic carbocycles. The number of halogens is 4. The van der Waals surface area contributed by atoms with E-state index in [2.05, 4.69) is 30.3 Å². The molecule has 1 saturated heterocycles. The molecule has 2 aromatic heterocycles. The highest BCUT2D eigenvalue weighted by atomic mass is 32.2. The summed E-state index contributed by atoms with van der Waals surface area (Å²) in [5, 5.41) is 7.62. The molecule has 0 spiro atoms. The zero-order chi connectivity index (χ0) is 27.4. The summed E-state index contributed by atoms with van der Waals surface area (Å²) in [6, 6.07) is 12.3. The molecular weight excluding hydrogens is 532 g/mol. The molecule has 0 bridgehead atoms. The Morgan fingerprint density at radius 2 is 1.90 bits per heavy atom. The van der Waals surface area contributed by atoms with Gasteiger partial charge in [-0.1, -0.05) is 24.3 Å². The Balaban J connectivity index is 1.48. The van der Waals surface area contributed by atoms with Gasteiger partial charge in [0.15, 0.2) is 5.82 Å². The summed E-state index contributed by atoms with van der Waals surface area (Å²) >= 11 is 0.382. The highest BCUT2D eigenvalue weighted by Gasteiger charge is 2.28. The van der Waals surface area contributed by atoms with Crippen LogP contribution < -0.4 is 20.1 Å². The molecule has 39 heavy (non-hydrogen) atoms. The summed E-state index contributed by atoms with van der Waals surface area (Å²) in [6.07, 6.45) is 0.902. The number of nitrogens with one attached hydrogen (secondary N) is 3. The maximum absolute atomic E-state index is 15.5. The number of ether oxygens (including phenoxy) is 1. The number of hydrogen-bond donors (Lipinski definition) is 3. The molecular formula is C27H26F4N6OS. The Hall–Kier alpha value is -3.64. The largest absolute Gasteiger partial charge is 0.437 e. The minimum atomic E-state index is -4.39. The molecule has 1 unspecified atom stereocenters. The summed E-state index contributed by atoms with van der Waals surface area (Å²) in [7, 11) is 0. The molecule has 0 amide bonds. The second kappa shape index (κ2) is 11.6. The Bertz CT molecular complexity index is 1460. The average Bonchev–Trinajstić information content (AvgIpc) is 2.93. The fraction of sp³-hybridized carbons (Fsp3) is 0.296. The number of piperidine rings is 1. The highest BCUT2D eigenvalue weighted by Crippen LogP contribution is 2.42. The molecule has 0 radical (unpaired) electrons. The molecule has 0 aliphatic carbocycles. The molecule has 5 rings (SSSR count). The van der Waals surface area contributed by atoms with E-state index in [1.807, 2.05) is 0 Å². The van der Waals surface area contributed by atoms with E-state index in [0.29, 0.717) is 39.9 Å². The van der Waals surface area contributed by atoms with Crippen LogP contribution in [0.5, 0.6) is 11.6 Å². The normalized spacial score (nSPS) is 15.8. The van der Waals surface area contributed by atoms with Crippen molar-refractivity contribution in [2.45, 2.75) is 32.0 Å². The van der Waals surface area contributed by atoms with E-state index >= 15 is 4.39 Å². The number of anilines is 2. The summed E-state index contributed by atoms with van der Waals surface area (Å²) in [5.74, 6) is -0.958. The van der Waals surface area contributed by atoms with Crippen molar-refractivity contribution in [2.24, 2.45) is 0 Å². The number of rotatable bonds is 8. The summed E-state index contributed by atoms with van der Waals surface area (Å²) in [5.41, 5.74) is 1.25. The van der Waals surface area contributed by atoms with Crippen LogP contribution in [0.15, 0.2) is 54.9 Å². The van der Waals surface area contributed by atoms with E-state index < -0.39 is 17.7 Å². The average molecular weight is 559 g/mol. The third-order valence-electron chi connectivity index (χ3n) is 6.27. The monoisotopic (exact) mass is 558 g/mol. The van der Waals surface area contributed by atoms with Crippen LogP contribution in [0.25, 0.3) is 22.0 Å². The minimum absolute atomic E-state index is 0.0327. The van der Waals surface area contributed by atoms with Gasteiger partial charge in [0.25, 0.3) is 0 Å². The van der Waals surface area contributed by atoms with Gasteiger partial charge in [-0.25, -0.2) is 19.3 Å². The van der Waals surface area contributed by atoms with Crippen molar-refractivity contribution in [1.82, 2.24) is 20.3 Å². The Morgan fingerprint density at radius 1 is 1.08 bits per heavy atom. The summed E-state index contributed by atoms with van der Waals surface area (Å²) in [4.78, 5) is 13.4. The van der Waals surface area contributed by atoms with Crippen LogP contribution in [-0.2, 0) is 0 Å². The Kier molecular flexibility index (Phi) is 8.03. The third kappa shape index (κ3) is 6.34. The number of fused-ring (bicyclic) bond motifs is 1. The first-order valence-corrected chi connectivity index (χ1v) is 13.4. The summed E-state index contributed by atoms with van der Waals surface area (Å²) in [6.45, 7) is 3.34. The number of pyridine rings is 1. The lowest BCUT2D eigenvalue weighted by molar-refractivity contribution is -0.105. The topological polar surface area (TPSA) is 84.0 Å². The first-order chi connectivity index (χ1) is 18.8.